The number of carbonyl (C=O) groups is 1. The van der Waals surface area contributed by atoms with Crippen molar-refractivity contribution in [2.45, 2.75) is 27.2 Å². The third-order valence-electron chi connectivity index (χ3n) is 7.72. The quantitative estimate of drug-likeness (QED) is 0.410. The van der Waals surface area contributed by atoms with Crippen LogP contribution in [0.5, 0.6) is 0 Å². The van der Waals surface area contributed by atoms with Crippen LogP contribution in [0.1, 0.15) is 26.3 Å². The molecule has 5 rings (SSSR count). The maximum Gasteiger partial charge on any atom is 0.249 e. The van der Waals surface area contributed by atoms with E-state index in [1.54, 1.807) is 12.4 Å². The van der Waals surface area contributed by atoms with Crippen LogP contribution in [0, 0.1) is 0 Å². The molecule has 2 fully saturated rings. The standard InChI is InChI=1S/C29H39N9O2/c1-5-35-10-12-36(13-11-35)27(39)21(4)6-7-24(20(2)3)38-9-8-23-25(22-18-31-28(30)32-19-22)33-29(34-26(23)38)37-14-16-40-17-15-37/h6-7,18-19H,2,5,8-17H2,1,3-4H3,(H2,30,31,32)/b21-6+,24-7+. The maximum absolute atomic E-state index is 13.2. The summed E-state index contributed by atoms with van der Waals surface area (Å²) in [5.74, 6) is 1.79. The van der Waals surface area contributed by atoms with Crippen molar-refractivity contribution in [3.05, 3.63) is 53.5 Å². The molecule has 2 saturated heterocycles. The molecule has 212 valence electrons. The fourth-order valence-corrected chi connectivity index (χ4v) is 5.34. The second-order valence-corrected chi connectivity index (χ2v) is 10.4. The fraction of sp³-hybridized carbons (Fsp3) is 0.483. The lowest BCUT2D eigenvalue weighted by Gasteiger charge is -2.34. The highest BCUT2D eigenvalue weighted by atomic mass is 16.5. The van der Waals surface area contributed by atoms with E-state index in [9.17, 15) is 4.79 Å². The highest BCUT2D eigenvalue weighted by molar-refractivity contribution is 5.93. The lowest BCUT2D eigenvalue weighted by atomic mass is 10.1. The van der Waals surface area contributed by atoms with Gasteiger partial charge in [-0.15, -0.1) is 0 Å². The molecule has 0 aliphatic carbocycles. The molecule has 3 aliphatic rings. The Balaban J connectivity index is 1.48. The van der Waals surface area contributed by atoms with Crippen molar-refractivity contribution in [3.8, 4) is 11.3 Å². The van der Waals surface area contributed by atoms with Gasteiger partial charge in [-0.3, -0.25) is 4.79 Å². The van der Waals surface area contributed by atoms with Crippen molar-refractivity contribution in [1.82, 2.24) is 29.7 Å². The summed E-state index contributed by atoms with van der Waals surface area (Å²) in [6.45, 7) is 18.1. The second-order valence-electron chi connectivity index (χ2n) is 10.4. The summed E-state index contributed by atoms with van der Waals surface area (Å²) in [5.41, 5.74) is 10.9. The average Bonchev–Trinajstić information content (AvgIpc) is 3.41. The zero-order valence-corrected chi connectivity index (χ0v) is 23.8. The van der Waals surface area contributed by atoms with E-state index < -0.39 is 0 Å². The number of likely N-dealkylation sites (N-methyl/N-ethyl adjacent to an activating group) is 1. The first-order valence-electron chi connectivity index (χ1n) is 14.0. The van der Waals surface area contributed by atoms with Crippen molar-refractivity contribution in [1.29, 1.82) is 0 Å². The Morgan fingerprint density at radius 3 is 2.38 bits per heavy atom. The van der Waals surface area contributed by atoms with Crippen LogP contribution < -0.4 is 15.5 Å². The van der Waals surface area contributed by atoms with Gasteiger partial charge in [-0.25, -0.2) is 15.0 Å². The number of fused-ring (bicyclic) bond motifs is 1. The molecule has 0 saturated carbocycles. The van der Waals surface area contributed by atoms with Crippen LogP contribution in [-0.4, -0.2) is 101 Å². The first-order valence-corrected chi connectivity index (χ1v) is 14.0. The molecule has 2 aromatic heterocycles. The molecule has 5 heterocycles. The van der Waals surface area contributed by atoms with Crippen LogP contribution in [-0.2, 0) is 16.0 Å². The van der Waals surface area contributed by atoms with Gasteiger partial charge >= 0.3 is 0 Å². The molecular weight excluding hydrogens is 506 g/mol. The molecule has 0 aromatic carbocycles. The number of carbonyl (C=O) groups excluding carboxylic acids is 1. The molecule has 2 aromatic rings. The molecule has 11 heteroatoms. The molecular formula is C29H39N9O2. The van der Waals surface area contributed by atoms with E-state index >= 15 is 0 Å². The van der Waals surface area contributed by atoms with Crippen LogP contribution in [0.3, 0.4) is 0 Å². The van der Waals surface area contributed by atoms with Gasteiger partial charge < -0.3 is 30.1 Å². The lowest BCUT2D eigenvalue weighted by molar-refractivity contribution is -0.128. The van der Waals surface area contributed by atoms with Crippen molar-refractivity contribution < 1.29 is 9.53 Å². The summed E-state index contributed by atoms with van der Waals surface area (Å²) in [6, 6.07) is 0. The SMILES string of the molecule is C=C(C)/C(=C\C=C(/C)C(=O)N1CCN(CC)CC1)N1CCc2c(-c3cnc(N)nc3)nc(N3CCOCC3)nc21. The number of anilines is 3. The van der Waals surface area contributed by atoms with E-state index in [1.807, 2.05) is 30.9 Å². The number of rotatable bonds is 7. The number of nitrogens with two attached hydrogens (primary N) is 1. The van der Waals surface area contributed by atoms with Gasteiger partial charge in [0.1, 0.15) is 5.82 Å². The normalized spacial score (nSPS) is 18.7. The molecule has 40 heavy (non-hydrogen) atoms. The van der Waals surface area contributed by atoms with E-state index in [0.29, 0.717) is 24.7 Å². The smallest absolute Gasteiger partial charge is 0.249 e. The topological polar surface area (TPSA) is 117 Å². The van der Waals surface area contributed by atoms with Crippen LogP contribution in [0.25, 0.3) is 11.3 Å². The third-order valence-corrected chi connectivity index (χ3v) is 7.72. The Morgan fingerprint density at radius 2 is 1.73 bits per heavy atom. The monoisotopic (exact) mass is 545 g/mol. The number of hydrogen-bond donors (Lipinski definition) is 1. The predicted octanol–water partition coefficient (Wildman–Crippen LogP) is 2.29. The molecule has 11 nitrogen and oxygen atoms in total. The minimum Gasteiger partial charge on any atom is -0.378 e. The van der Waals surface area contributed by atoms with Gasteiger partial charge in [-0.05, 0) is 38.5 Å². The zero-order chi connectivity index (χ0) is 28.2. The average molecular weight is 546 g/mol. The van der Waals surface area contributed by atoms with Crippen molar-refractivity contribution in [3.63, 3.8) is 0 Å². The highest BCUT2D eigenvalue weighted by Gasteiger charge is 2.30. The van der Waals surface area contributed by atoms with Crippen molar-refractivity contribution in [2.75, 3.05) is 81.1 Å². The van der Waals surface area contributed by atoms with Crippen LogP contribution in [0.15, 0.2) is 48.0 Å². The first kappa shape index (κ1) is 27.7. The summed E-state index contributed by atoms with van der Waals surface area (Å²) in [6.07, 6.45) is 8.09. The Hall–Kier alpha value is -3.83. The van der Waals surface area contributed by atoms with Gasteiger partial charge in [0.25, 0.3) is 0 Å². The summed E-state index contributed by atoms with van der Waals surface area (Å²) in [5, 5.41) is 0. The first-order chi connectivity index (χ1) is 19.4. The number of morpholine rings is 1. The summed E-state index contributed by atoms with van der Waals surface area (Å²) >= 11 is 0. The Labute approximate surface area is 236 Å². The highest BCUT2D eigenvalue weighted by Crippen LogP contribution is 2.38. The predicted molar refractivity (Wildman–Crippen MR) is 157 cm³/mol. The van der Waals surface area contributed by atoms with Crippen LogP contribution >= 0.6 is 0 Å². The minimum atomic E-state index is 0.0810. The number of piperazine rings is 1. The Kier molecular flexibility index (Phi) is 8.41. The number of amides is 1. The van der Waals surface area contributed by atoms with E-state index in [0.717, 1.165) is 92.7 Å². The van der Waals surface area contributed by atoms with E-state index in [-0.39, 0.29) is 11.9 Å². The van der Waals surface area contributed by atoms with Gasteiger partial charge in [0, 0.05) is 80.6 Å². The molecule has 0 atom stereocenters. The van der Waals surface area contributed by atoms with Crippen molar-refractivity contribution >= 4 is 23.6 Å². The molecule has 0 radical (unpaired) electrons. The van der Waals surface area contributed by atoms with Gasteiger partial charge in [0.15, 0.2) is 0 Å². The summed E-state index contributed by atoms with van der Waals surface area (Å²) in [4.78, 5) is 40.2. The summed E-state index contributed by atoms with van der Waals surface area (Å²) in [7, 11) is 0. The number of allylic oxidation sites excluding steroid dienone is 3. The van der Waals surface area contributed by atoms with Gasteiger partial charge in [0.2, 0.25) is 17.8 Å². The molecule has 0 spiro atoms. The van der Waals surface area contributed by atoms with E-state index in [4.69, 9.17) is 20.4 Å². The van der Waals surface area contributed by atoms with Crippen molar-refractivity contribution in [2.24, 2.45) is 0 Å². The number of nitrogen functional groups attached to an aromatic ring is 1. The molecule has 1 amide bonds. The Bertz CT molecular complexity index is 1310. The Morgan fingerprint density at radius 1 is 1.02 bits per heavy atom. The second kappa shape index (κ2) is 12.1. The van der Waals surface area contributed by atoms with E-state index in [2.05, 4.69) is 38.2 Å². The third kappa shape index (κ3) is 5.85. The largest absolute Gasteiger partial charge is 0.378 e. The number of hydrogen-bond acceptors (Lipinski definition) is 10. The zero-order valence-electron chi connectivity index (χ0n) is 23.8. The number of ether oxygens (including phenoxy) is 1. The van der Waals surface area contributed by atoms with Crippen LogP contribution in [0.2, 0.25) is 0 Å². The minimum absolute atomic E-state index is 0.0810. The molecule has 0 unspecified atom stereocenters. The number of nitrogens with zero attached hydrogens (tertiary/aromatic N) is 8. The van der Waals surface area contributed by atoms with Gasteiger partial charge in [-0.1, -0.05) is 19.6 Å². The number of aromatic nitrogens is 4. The summed E-state index contributed by atoms with van der Waals surface area (Å²) < 4.78 is 5.56. The molecule has 0 bridgehead atoms. The maximum atomic E-state index is 13.2. The van der Waals surface area contributed by atoms with Crippen LogP contribution in [0.4, 0.5) is 17.7 Å². The van der Waals surface area contributed by atoms with E-state index in [1.165, 1.54) is 0 Å². The fourth-order valence-electron chi connectivity index (χ4n) is 5.34. The van der Waals surface area contributed by atoms with Gasteiger partial charge in [0.05, 0.1) is 18.9 Å². The molecule has 2 N–H and O–H groups in total. The van der Waals surface area contributed by atoms with Gasteiger partial charge in [-0.2, -0.15) is 4.98 Å². The molecule has 3 aliphatic heterocycles. The lowest BCUT2D eigenvalue weighted by Crippen LogP contribution is -2.48.